The molecular formula is C17H22N2O. The van der Waals surface area contributed by atoms with E-state index >= 15 is 0 Å². The minimum Gasteiger partial charge on any atom is -0.314 e. The Labute approximate surface area is 120 Å². The third kappa shape index (κ3) is 1.87. The number of anilines is 1. The largest absolute Gasteiger partial charge is 0.314 e. The van der Waals surface area contributed by atoms with E-state index < -0.39 is 0 Å². The van der Waals surface area contributed by atoms with E-state index in [4.69, 9.17) is 0 Å². The van der Waals surface area contributed by atoms with Crippen molar-refractivity contribution in [3.8, 4) is 0 Å². The van der Waals surface area contributed by atoms with Crippen molar-refractivity contribution in [3.63, 3.8) is 0 Å². The average Bonchev–Trinajstić information content (AvgIpc) is 2.46. The smallest absolute Gasteiger partial charge is 0.230 e. The molecule has 5 rings (SSSR count). The zero-order valence-electron chi connectivity index (χ0n) is 12.0. The van der Waals surface area contributed by atoms with Crippen molar-refractivity contribution >= 4 is 11.6 Å². The predicted molar refractivity (Wildman–Crippen MR) is 78.2 cm³/mol. The first-order valence-electron chi connectivity index (χ1n) is 7.90. The Morgan fingerprint density at radius 2 is 1.80 bits per heavy atom. The lowest BCUT2D eigenvalue weighted by Gasteiger charge is -2.54. The first kappa shape index (κ1) is 12.4. The minimum atomic E-state index is 0.271. The summed E-state index contributed by atoms with van der Waals surface area (Å²) in [7, 11) is 1.91. The molecule has 20 heavy (non-hydrogen) atoms. The normalized spacial score (nSPS) is 38.0. The molecule has 0 N–H and O–H groups in total. The molecule has 4 fully saturated rings. The molecule has 0 aliphatic heterocycles. The van der Waals surface area contributed by atoms with Gasteiger partial charge >= 0.3 is 0 Å². The zero-order valence-corrected chi connectivity index (χ0v) is 12.0. The second-order valence-electron chi connectivity index (χ2n) is 7.06. The Balaban J connectivity index is 1.57. The van der Waals surface area contributed by atoms with E-state index in [2.05, 4.69) is 4.98 Å². The maximum atomic E-state index is 12.9. The van der Waals surface area contributed by atoms with Gasteiger partial charge in [0, 0.05) is 19.2 Å². The highest BCUT2D eigenvalue weighted by Crippen LogP contribution is 2.56. The third-order valence-electron chi connectivity index (χ3n) is 5.88. The summed E-state index contributed by atoms with van der Waals surface area (Å²) in [6, 6.07) is 3.87. The molecule has 4 aliphatic rings. The van der Waals surface area contributed by atoms with Crippen molar-refractivity contribution in [2.24, 2.45) is 29.6 Å². The van der Waals surface area contributed by atoms with E-state index in [0.717, 1.165) is 17.5 Å². The number of hydrogen-bond donors (Lipinski definition) is 0. The third-order valence-corrected chi connectivity index (χ3v) is 5.88. The maximum absolute atomic E-state index is 12.9. The van der Waals surface area contributed by atoms with Crippen LogP contribution in [0.5, 0.6) is 0 Å². The lowest BCUT2D eigenvalue weighted by Crippen LogP contribution is -2.51. The van der Waals surface area contributed by atoms with Crippen molar-refractivity contribution in [1.29, 1.82) is 0 Å². The van der Waals surface area contributed by atoms with Gasteiger partial charge in [-0.2, -0.15) is 0 Å². The topological polar surface area (TPSA) is 33.2 Å². The molecule has 0 radical (unpaired) electrons. The molecule has 3 nitrogen and oxygen atoms in total. The van der Waals surface area contributed by atoms with Gasteiger partial charge in [0.05, 0.1) is 11.9 Å². The Bertz CT molecular complexity index is 485. The van der Waals surface area contributed by atoms with Gasteiger partial charge in [-0.15, -0.1) is 0 Å². The van der Waals surface area contributed by atoms with E-state index in [0.29, 0.717) is 17.7 Å². The molecular weight excluding hydrogens is 248 g/mol. The first-order chi connectivity index (χ1) is 9.72. The number of carbonyl (C=O) groups is 1. The van der Waals surface area contributed by atoms with Crippen molar-refractivity contribution in [3.05, 3.63) is 24.5 Å². The molecule has 1 heterocycles. The Kier molecular flexibility index (Phi) is 2.83. The van der Waals surface area contributed by atoms with Gasteiger partial charge in [-0.05, 0) is 67.9 Å². The molecule has 0 atom stereocenters. The van der Waals surface area contributed by atoms with Crippen LogP contribution in [0.2, 0.25) is 0 Å². The average molecular weight is 270 g/mol. The fourth-order valence-electron chi connectivity index (χ4n) is 5.23. The molecule has 0 unspecified atom stereocenters. The van der Waals surface area contributed by atoms with Gasteiger partial charge in [-0.3, -0.25) is 9.78 Å². The molecule has 1 amide bonds. The van der Waals surface area contributed by atoms with Crippen LogP contribution in [0.15, 0.2) is 24.5 Å². The number of nitrogens with zero attached hydrogens (tertiary/aromatic N) is 2. The number of hydrogen-bond acceptors (Lipinski definition) is 2. The molecule has 0 saturated heterocycles. The van der Waals surface area contributed by atoms with Crippen LogP contribution in [0.25, 0.3) is 0 Å². The minimum absolute atomic E-state index is 0.271. The Morgan fingerprint density at radius 3 is 2.35 bits per heavy atom. The summed E-state index contributed by atoms with van der Waals surface area (Å²) < 4.78 is 0. The van der Waals surface area contributed by atoms with Crippen LogP contribution >= 0.6 is 0 Å². The second kappa shape index (κ2) is 4.57. The molecule has 1 aromatic rings. The number of carbonyl (C=O) groups excluding carboxylic acids is 1. The summed E-state index contributed by atoms with van der Waals surface area (Å²) in [5, 5.41) is 0. The van der Waals surface area contributed by atoms with Gasteiger partial charge in [0.2, 0.25) is 5.91 Å². The molecule has 4 aliphatic carbocycles. The van der Waals surface area contributed by atoms with Crippen LogP contribution < -0.4 is 4.90 Å². The summed E-state index contributed by atoms with van der Waals surface area (Å²) >= 11 is 0. The summed E-state index contributed by atoms with van der Waals surface area (Å²) in [6.45, 7) is 0. The molecule has 4 saturated carbocycles. The van der Waals surface area contributed by atoms with E-state index in [-0.39, 0.29) is 5.92 Å². The van der Waals surface area contributed by atoms with E-state index in [1.807, 2.05) is 24.1 Å². The fourth-order valence-corrected chi connectivity index (χ4v) is 5.23. The van der Waals surface area contributed by atoms with Crippen molar-refractivity contribution in [1.82, 2.24) is 4.98 Å². The number of aromatic nitrogens is 1. The van der Waals surface area contributed by atoms with E-state index in [1.165, 1.54) is 32.1 Å². The van der Waals surface area contributed by atoms with Gasteiger partial charge in [0.25, 0.3) is 0 Å². The Morgan fingerprint density at radius 1 is 1.15 bits per heavy atom. The number of rotatable bonds is 2. The molecule has 1 aromatic heterocycles. The van der Waals surface area contributed by atoms with Gasteiger partial charge in [-0.25, -0.2) is 0 Å². The summed E-state index contributed by atoms with van der Waals surface area (Å²) in [5.41, 5.74) is 0.923. The van der Waals surface area contributed by atoms with Gasteiger partial charge in [0.1, 0.15) is 0 Å². The van der Waals surface area contributed by atoms with E-state index in [9.17, 15) is 4.79 Å². The maximum Gasteiger partial charge on any atom is 0.230 e. The van der Waals surface area contributed by atoms with Crippen LogP contribution in [0, 0.1) is 29.6 Å². The highest BCUT2D eigenvalue weighted by molar-refractivity contribution is 5.94. The van der Waals surface area contributed by atoms with Crippen LogP contribution in [0.1, 0.15) is 32.1 Å². The second-order valence-corrected chi connectivity index (χ2v) is 7.06. The van der Waals surface area contributed by atoms with Gasteiger partial charge in [-0.1, -0.05) is 0 Å². The van der Waals surface area contributed by atoms with Crippen LogP contribution in [0.3, 0.4) is 0 Å². The quantitative estimate of drug-likeness (QED) is 0.827. The number of amides is 1. The van der Waals surface area contributed by atoms with Crippen molar-refractivity contribution in [2.75, 3.05) is 11.9 Å². The lowest BCUT2D eigenvalue weighted by molar-refractivity contribution is -0.135. The highest BCUT2D eigenvalue weighted by Gasteiger charge is 2.51. The summed E-state index contributed by atoms with van der Waals surface area (Å²) in [4.78, 5) is 18.9. The standard InChI is InChI=1S/C17H22N2O/c1-19(15-3-2-4-18-10-15)17(20)16-13-6-11-5-12(8-13)9-14(16)7-11/h2-4,10-14,16H,5-9H2,1H3. The van der Waals surface area contributed by atoms with Gasteiger partial charge in [0.15, 0.2) is 0 Å². The summed E-state index contributed by atoms with van der Waals surface area (Å²) in [6.07, 6.45) is 10.2. The van der Waals surface area contributed by atoms with Crippen LogP contribution in [-0.4, -0.2) is 17.9 Å². The lowest BCUT2D eigenvalue weighted by atomic mass is 9.51. The molecule has 0 spiro atoms. The fraction of sp³-hybridized carbons (Fsp3) is 0.647. The SMILES string of the molecule is CN(C(=O)C1C2CC3CC(C2)CC1C3)c1cccnc1. The molecule has 0 aromatic carbocycles. The highest BCUT2D eigenvalue weighted by atomic mass is 16.2. The molecule has 4 bridgehead atoms. The van der Waals surface area contributed by atoms with Crippen molar-refractivity contribution in [2.45, 2.75) is 32.1 Å². The molecule has 3 heteroatoms. The van der Waals surface area contributed by atoms with Crippen molar-refractivity contribution < 1.29 is 4.79 Å². The number of pyridine rings is 1. The Hall–Kier alpha value is -1.38. The van der Waals surface area contributed by atoms with Gasteiger partial charge < -0.3 is 4.90 Å². The predicted octanol–water partition coefficient (Wildman–Crippen LogP) is 3.12. The first-order valence-corrected chi connectivity index (χ1v) is 7.90. The van der Waals surface area contributed by atoms with Crippen LogP contribution in [0.4, 0.5) is 5.69 Å². The zero-order chi connectivity index (χ0) is 13.7. The van der Waals surface area contributed by atoms with E-state index in [1.54, 1.807) is 12.4 Å². The molecule has 106 valence electrons. The summed E-state index contributed by atoms with van der Waals surface area (Å²) in [5.74, 6) is 3.74. The monoisotopic (exact) mass is 270 g/mol. The van der Waals surface area contributed by atoms with Crippen LogP contribution in [-0.2, 0) is 4.79 Å².